The number of esters is 2. The number of nitrogens with one attached hydrogen (secondary N) is 1. The number of aliphatic hydroxyl groups excluding tert-OH is 3. The molecular formula is C44H84NO13P. The molecule has 1 rings (SSSR count). The number of phosphoric acid groups is 1. The van der Waals surface area contributed by atoms with E-state index in [2.05, 4.69) is 26.1 Å². The second-order valence-corrected chi connectivity index (χ2v) is 17.8. The Hall–Kier alpha value is -1.64. The van der Waals surface area contributed by atoms with Gasteiger partial charge in [-0.2, -0.15) is 0 Å². The fourth-order valence-electron chi connectivity index (χ4n) is 7.64. The van der Waals surface area contributed by atoms with E-state index in [9.17, 15) is 44.1 Å². The molecule has 0 aromatic carbocycles. The van der Waals surface area contributed by atoms with Gasteiger partial charge in [-0.25, -0.2) is 4.57 Å². The Morgan fingerprint density at radius 3 is 1.58 bits per heavy atom. The van der Waals surface area contributed by atoms with Gasteiger partial charge in [0.25, 0.3) is 0 Å². The summed E-state index contributed by atoms with van der Waals surface area (Å²) in [5.41, 5.74) is 0. The molecule has 15 heteroatoms. The predicted molar refractivity (Wildman–Crippen MR) is 228 cm³/mol. The maximum Gasteiger partial charge on any atom is 0.470 e. The summed E-state index contributed by atoms with van der Waals surface area (Å²) in [4.78, 5) is 59.2. The number of hydrogen-bond acceptors (Lipinski definition) is 11. The van der Waals surface area contributed by atoms with E-state index in [4.69, 9.17) is 18.7 Å². The van der Waals surface area contributed by atoms with Crippen molar-refractivity contribution >= 4 is 25.7 Å². The summed E-state index contributed by atoms with van der Waals surface area (Å²) < 4.78 is 33.9. The summed E-state index contributed by atoms with van der Waals surface area (Å²) in [6.45, 7) is 5.63. The highest BCUT2D eigenvalue weighted by atomic mass is 31.2. The molecule has 0 radical (unpaired) electrons. The van der Waals surface area contributed by atoms with E-state index in [0.29, 0.717) is 32.1 Å². The van der Waals surface area contributed by atoms with Crippen LogP contribution in [-0.2, 0) is 37.7 Å². The summed E-state index contributed by atoms with van der Waals surface area (Å²) in [5.74, 6) is -2.07. The quantitative estimate of drug-likeness (QED) is 0.0195. The van der Waals surface area contributed by atoms with Crippen LogP contribution in [-0.4, -0.2) is 92.4 Å². The number of rotatable bonds is 38. The molecule has 59 heavy (non-hydrogen) atoms. The maximum atomic E-state index is 13.6. The number of amides is 1. The third-order valence-electron chi connectivity index (χ3n) is 11.1. The zero-order valence-electron chi connectivity index (χ0n) is 36.9. The minimum atomic E-state index is -5.28. The highest BCUT2D eigenvalue weighted by molar-refractivity contribution is 7.46. The lowest BCUT2D eigenvalue weighted by molar-refractivity contribution is -0.256. The van der Waals surface area contributed by atoms with Crippen molar-refractivity contribution in [2.45, 2.75) is 256 Å². The first kappa shape index (κ1) is 55.4. The molecule has 0 unspecified atom stereocenters. The van der Waals surface area contributed by atoms with Crippen molar-refractivity contribution in [1.29, 1.82) is 0 Å². The Morgan fingerprint density at radius 2 is 1.10 bits per heavy atom. The van der Waals surface area contributed by atoms with Crippen LogP contribution in [0.1, 0.15) is 213 Å². The lowest BCUT2D eigenvalue weighted by Crippen LogP contribution is -2.65. The van der Waals surface area contributed by atoms with Crippen LogP contribution < -0.4 is 5.32 Å². The number of aliphatic hydroxyl groups is 3. The van der Waals surface area contributed by atoms with Gasteiger partial charge in [-0.3, -0.25) is 18.9 Å². The van der Waals surface area contributed by atoms with E-state index in [1.165, 1.54) is 70.6 Å². The molecule has 1 aliphatic rings. The number of ether oxygens (including phenoxy) is 3. The van der Waals surface area contributed by atoms with Gasteiger partial charge in [0, 0.05) is 6.42 Å². The third kappa shape index (κ3) is 28.6. The minimum absolute atomic E-state index is 0.210. The highest BCUT2D eigenvalue weighted by Gasteiger charge is 2.51. The van der Waals surface area contributed by atoms with Crippen molar-refractivity contribution in [3.63, 3.8) is 0 Å². The first-order valence-electron chi connectivity index (χ1n) is 23.4. The van der Waals surface area contributed by atoms with Crippen LogP contribution in [0.25, 0.3) is 0 Å². The number of hydrogen-bond donors (Lipinski definition) is 6. The van der Waals surface area contributed by atoms with Crippen molar-refractivity contribution in [3.8, 4) is 0 Å². The van der Waals surface area contributed by atoms with Crippen LogP contribution in [0.4, 0.5) is 0 Å². The van der Waals surface area contributed by atoms with E-state index in [0.717, 1.165) is 70.6 Å². The maximum absolute atomic E-state index is 13.6. The SMILES string of the molecule is CCCCCCCCCCCCCC(=O)O[C@H](CCCCCCCCCCC)CC(=O)O[C@@H]1[C@H](NC(=O)C[C@H](O)CCCCCCC)[C@@H](O)O[C@H](CO)[C@H]1OP(=O)(O)O. The van der Waals surface area contributed by atoms with Gasteiger partial charge < -0.3 is 44.6 Å². The fraction of sp³-hybridized carbons (Fsp3) is 0.932. The topological polar surface area (TPSA) is 218 Å². The highest BCUT2D eigenvalue weighted by Crippen LogP contribution is 2.42. The van der Waals surface area contributed by atoms with Crippen molar-refractivity contribution < 1.29 is 62.8 Å². The van der Waals surface area contributed by atoms with Gasteiger partial charge in [-0.1, -0.05) is 168 Å². The molecule has 0 aromatic rings. The number of unbranched alkanes of at least 4 members (excludes halogenated alkanes) is 22. The molecule has 1 heterocycles. The second-order valence-electron chi connectivity index (χ2n) is 16.6. The minimum Gasteiger partial charge on any atom is -0.462 e. The lowest BCUT2D eigenvalue weighted by atomic mass is 9.96. The van der Waals surface area contributed by atoms with E-state index in [-0.39, 0.29) is 12.8 Å². The average molecular weight is 866 g/mol. The van der Waals surface area contributed by atoms with E-state index < -0.39 is 81.5 Å². The molecule has 0 aliphatic carbocycles. The van der Waals surface area contributed by atoms with Crippen LogP contribution in [0.15, 0.2) is 0 Å². The standard InChI is InChI=1S/C44H84NO13P/c1-4-7-10-13-15-17-18-20-22-25-28-31-39(49)55-36(30-27-24-21-19-16-14-11-8-5-2)33-40(50)57-43-41(44(51)56-37(34-46)42(43)58-59(52,53)54)45-38(48)32-35(47)29-26-23-12-9-6-3/h35-37,41-44,46-47,51H,4-34H2,1-3H3,(H,45,48)(H2,52,53,54)/t35-,36-,37-,41+,42-,43-,44+/m1/s1. The van der Waals surface area contributed by atoms with E-state index in [1.807, 2.05) is 0 Å². The monoisotopic (exact) mass is 866 g/mol. The van der Waals surface area contributed by atoms with Crippen LogP contribution in [0, 0.1) is 0 Å². The third-order valence-corrected chi connectivity index (χ3v) is 11.6. The molecule has 1 amide bonds. The Morgan fingerprint density at radius 1 is 0.644 bits per heavy atom. The largest absolute Gasteiger partial charge is 0.470 e. The zero-order valence-corrected chi connectivity index (χ0v) is 37.8. The number of phosphoric ester groups is 1. The lowest BCUT2D eigenvalue weighted by Gasteiger charge is -2.43. The molecule has 0 aromatic heterocycles. The van der Waals surface area contributed by atoms with E-state index >= 15 is 0 Å². The van der Waals surface area contributed by atoms with Gasteiger partial charge in [0.05, 0.1) is 25.6 Å². The molecule has 1 fully saturated rings. The molecule has 7 atom stereocenters. The molecule has 348 valence electrons. The van der Waals surface area contributed by atoms with Crippen molar-refractivity contribution in [3.05, 3.63) is 0 Å². The van der Waals surface area contributed by atoms with Gasteiger partial charge in [0.1, 0.15) is 24.4 Å². The first-order chi connectivity index (χ1) is 28.3. The Bertz CT molecular complexity index is 1120. The normalized spacial score (nSPS) is 20.6. The first-order valence-corrected chi connectivity index (χ1v) is 24.9. The van der Waals surface area contributed by atoms with Crippen molar-refractivity contribution in [2.75, 3.05) is 6.61 Å². The summed E-state index contributed by atoms with van der Waals surface area (Å²) >= 11 is 0. The van der Waals surface area contributed by atoms with E-state index in [1.54, 1.807) is 0 Å². The average Bonchev–Trinajstić information content (AvgIpc) is 3.17. The number of carbonyl (C=O) groups excluding carboxylic acids is 3. The molecule has 0 saturated carbocycles. The predicted octanol–water partition coefficient (Wildman–Crippen LogP) is 8.61. The Balaban J connectivity index is 2.98. The smallest absolute Gasteiger partial charge is 0.462 e. The van der Waals surface area contributed by atoms with Crippen LogP contribution in [0.3, 0.4) is 0 Å². The Labute approximate surface area is 355 Å². The van der Waals surface area contributed by atoms with Gasteiger partial charge in [-0.05, 0) is 25.7 Å². The molecule has 14 nitrogen and oxygen atoms in total. The molecule has 6 N–H and O–H groups in total. The van der Waals surface area contributed by atoms with Gasteiger partial charge >= 0.3 is 19.8 Å². The fourth-order valence-corrected chi connectivity index (χ4v) is 8.21. The van der Waals surface area contributed by atoms with Gasteiger partial charge in [0.2, 0.25) is 5.91 Å². The molecule has 1 aliphatic heterocycles. The summed E-state index contributed by atoms with van der Waals surface area (Å²) in [6.07, 6.45) is 18.5. The van der Waals surface area contributed by atoms with Crippen LogP contribution in [0.2, 0.25) is 0 Å². The summed E-state index contributed by atoms with van der Waals surface area (Å²) in [5, 5.41) is 33.9. The second kappa shape index (κ2) is 34.9. The number of carbonyl (C=O) groups is 3. The molecule has 1 saturated heterocycles. The van der Waals surface area contributed by atoms with Gasteiger partial charge in [-0.15, -0.1) is 0 Å². The van der Waals surface area contributed by atoms with Crippen molar-refractivity contribution in [1.82, 2.24) is 5.32 Å². The summed E-state index contributed by atoms with van der Waals surface area (Å²) in [6, 6.07) is -1.58. The molecule has 0 bridgehead atoms. The Kier molecular flexibility index (Phi) is 32.7. The molecular weight excluding hydrogens is 781 g/mol. The summed E-state index contributed by atoms with van der Waals surface area (Å²) in [7, 11) is -5.28. The van der Waals surface area contributed by atoms with Crippen LogP contribution in [0.5, 0.6) is 0 Å². The van der Waals surface area contributed by atoms with Crippen molar-refractivity contribution in [2.24, 2.45) is 0 Å². The van der Waals surface area contributed by atoms with Gasteiger partial charge in [0.15, 0.2) is 12.4 Å². The van der Waals surface area contributed by atoms with Crippen LogP contribution >= 0.6 is 7.82 Å². The zero-order chi connectivity index (χ0) is 43.7. The molecule has 0 spiro atoms.